The van der Waals surface area contributed by atoms with Gasteiger partial charge in [0.1, 0.15) is 11.5 Å². The van der Waals surface area contributed by atoms with Crippen molar-refractivity contribution in [1.82, 2.24) is 10.5 Å². The summed E-state index contributed by atoms with van der Waals surface area (Å²) in [6, 6.07) is 3.24. The lowest BCUT2D eigenvalue weighted by molar-refractivity contribution is 0.390. The highest BCUT2D eigenvalue weighted by Gasteiger charge is 2.17. The molecule has 1 atom stereocenters. The summed E-state index contributed by atoms with van der Waals surface area (Å²) >= 11 is 11.8. The van der Waals surface area contributed by atoms with Crippen molar-refractivity contribution < 1.29 is 9.63 Å². The molecular weight excluding hydrogens is 299 g/mol. The van der Waals surface area contributed by atoms with Crippen LogP contribution >= 0.6 is 23.2 Å². The summed E-state index contributed by atoms with van der Waals surface area (Å²) in [5.41, 5.74) is 2.54. The molecule has 1 aromatic carbocycles. The van der Waals surface area contributed by atoms with E-state index in [0.29, 0.717) is 17.1 Å². The van der Waals surface area contributed by atoms with Gasteiger partial charge in [-0.25, -0.2) is 0 Å². The van der Waals surface area contributed by atoms with Gasteiger partial charge in [0.15, 0.2) is 0 Å². The molecule has 108 valence electrons. The van der Waals surface area contributed by atoms with Gasteiger partial charge in [-0.3, -0.25) is 0 Å². The van der Waals surface area contributed by atoms with Gasteiger partial charge < -0.3 is 14.9 Å². The summed E-state index contributed by atoms with van der Waals surface area (Å²) < 4.78 is 5.15. The van der Waals surface area contributed by atoms with Crippen LogP contribution in [0.5, 0.6) is 5.75 Å². The largest absolute Gasteiger partial charge is 0.506 e. The van der Waals surface area contributed by atoms with E-state index < -0.39 is 0 Å². The molecule has 2 aromatic rings. The molecule has 0 aliphatic rings. The van der Waals surface area contributed by atoms with Crippen molar-refractivity contribution in [2.24, 2.45) is 0 Å². The lowest BCUT2D eigenvalue weighted by Gasteiger charge is -2.15. The van der Waals surface area contributed by atoms with Gasteiger partial charge in [-0.1, -0.05) is 28.4 Å². The van der Waals surface area contributed by atoms with Crippen LogP contribution in [0.4, 0.5) is 0 Å². The number of halogens is 2. The number of hydrogen-bond donors (Lipinski definition) is 2. The van der Waals surface area contributed by atoms with Crippen LogP contribution in [-0.2, 0) is 6.54 Å². The third-order valence-electron chi connectivity index (χ3n) is 3.23. The van der Waals surface area contributed by atoms with Crippen molar-refractivity contribution in [2.45, 2.75) is 33.4 Å². The zero-order chi connectivity index (χ0) is 14.9. The number of aromatic hydroxyl groups is 1. The molecule has 0 saturated carbocycles. The Kier molecular flexibility index (Phi) is 4.58. The number of rotatable bonds is 4. The molecule has 0 amide bonds. The van der Waals surface area contributed by atoms with E-state index in [1.165, 1.54) is 6.07 Å². The van der Waals surface area contributed by atoms with Crippen molar-refractivity contribution in [2.75, 3.05) is 0 Å². The summed E-state index contributed by atoms with van der Waals surface area (Å²) in [6.07, 6.45) is 0. The summed E-state index contributed by atoms with van der Waals surface area (Å²) in [7, 11) is 0. The highest BCUT2D eigenvalue weighted by atomic mass is 35.5. The maximum absolute atomic E-state index is 9.91. The first kappa shape index (κ1) is 15.2. The SMILES string of the molecule is Cc1noc(C)c1C(C)NCc1cc(Cl)cc(Cl)c1O. The van der Waals surface area contributed by atoms with Gasteiger partial charge in [0.25, 0.3) is 0 Å². The number of aromatic nitrogens is 1. The predicted octanol–water partition coefficient (Wildman–Crippen LogP) is 4.15. The van der Waals surface area contributed by atoms with Crippen molar-refractivity contribution in [3.8, 4) is 5.75 Å². The zero-order valence-corrected chi connectivity index (χ0v) is 13.0. The molecule has 6 heteroatoms. The Bertz CT molecular complexity index is 606. The summed E-state index contributed by atoms with van der Waals surface area (Å²) in [4.78, 5) is 0. The highest BCUT2D eigenvalue weighted by molar-refractivity contribution is 6.35. The van der Waals surface area contributed by atoms with E-state index in [4.69, 9.17) is 27.7 Å². The van der Waals surface area contributed by atoms with Gasteiger partial charge in [-0.2, -0.15) is 0 Å². The van der Waals surface area contributed by atoms with E-state index in [1.807, 2.05) is 20.8 Å². The first-order valence-electron chi connectivity index (χ1n) is 6.23. The van der Waals surface area contributed by atoms with Crippen molar-refractivity contribution in [3.05, 3.63) is 44.8 Å². The van der Waals surface area contributed by atoms with Crippen molar-refractivity contribution in [1.29, 1.82) is 0 Å². The quantitative estimate of drug-likeness (QED) is 0.889. The van der Waals surface area contributed by atoms with Gasteiger partial charge in [-0.15, -0.1) is 0 Å². The first-order chi connectivity index (χ1) is 9.40. The number of phenolic OH excluding ortho intramolecular Hbond substituents is 1. The van der Waals surface area contributed by atoms with Gasteiger partial charge in [0.2, 0.25) is 0 Å². The van der Waals surface area contributed by atoms with Gasteiger partial charge >= 0.3 is 0 Å². The number of nitrogens with zero attached hydrogens (tertiary/aromatic N) is 1. The predicted molar refractivity (Wildman–Crippen MR) is 79.4 cm³/mol. The molecule has 0 saturated heterocycles. The summed E-state index contributed by atoms with van der Waals surface area (Å²) in [6.45, 7) is 6.23. The minimum absolute atomic E-state index is 0.0402. The van der Waals surface area contributed by atoms with Crippen LogP contribution in [0.2, 0.25) is 10.0 Å². The molecule has 2 N–H and O–H groups in total. The maximum atomic E-state index is 9.91. The number of phenols is 1. The minimum Gasteiger partial charge on any atom is -0.506 e. The van der Waals surface area contributed by atoms with Crippen LogP contribution in [0, 0.1) is 13.8 Å². The Labute approximate surface area is 127 Å². The molecule has 0 aliphatic carbocycles. The molecule has 2 rings (SSSR count). The fourth-order valence-corrected chi connectivity index (χ4v) is 2.76. The van der Waals surface area contributed by atoms with E-state index in [2.05, 4.69) is 10.5 Å². The molecule has 1 unspecified atom stereocenters. The molecule has 0 spiro atoms. The monoisotopic (exact) mass is 314 g/mol. The molecule has 20 heavy (non-hydrogen) atoms. The van der Waals surface area contributed by atoms with Crippen LogP contribution in [0.15, 0.2) is 16.7 Å². The fourth-order valence-electron chi connectivity index (χ4n) is 2.23. The van der Waals surface area contributed by atoms with Crippen molar-refractivity contribution >= 4 is 23.2 Å². The number of nitrogens with one attached hydrogen (secondary N) is 1. The molecule has 1 heterocycles. The standard InChI is InChI=1S/C14H16Cl2N2O2/c1-7(13-8(2)18-20-9(13)3)17-6-10-4-11(15)5-12(16)14(10)19/h4-5,7,17,19H,6H2,1-3H3. The van der Waals surface area contributed by atoms with Crippen LogP contribution < -0.4 is 5.32 Å². The lowest BCUT2D eigenvalue weighted by Crippen LogP contribution is -2.19. The topological polar surface area (TPSA) is 58.3 Å². The van der Waals surface area contributed by atoms with Crippen LogP contribution in [0.1, 0.15) is 35.5 Å². The second-order valence-electron chi connectivity index (χ2n) is 4.74. The van der Waals surface area contributed by atoms with E-state index >= 15 is 0 Å². The third kappa shape index (κ3) is 3.08. The third-order valence-corrected chi connectivity index (χ3v) is 3.73. The molecule has 1 aromatic heterocycles. The lowest BCUT2D eigenvalue weighted by atomic mass is 10.1. The molecule has 4 nitrogen and oxygen atoms in total. The van der Waals surface area contributed by atoms with E-state index in [9.17, 15) is 5.11 Å². The van der Waals surface area contributed by atoms with Crippen LogP contribution in [0.3, 0.4) is 0 Å². The van der Waals surface area contributed by atoms with Gasteiger partial charge in [-0.05, 0) is 32.9 Å². The first-order valence-corrected chi connectivity index (χ1v) is 6.98. The molecular formula is C14H16Cl2N2O2. The molecule has 0 fully saturated rings. The Balaban J connectivity index is 2.13. The Morgan fingerprint density at radius 2 is 2.05 bits per heavy atom. The van der Waals surface area contributed by atoms with Crippen LogP contribution in [0.25, 0.3) is 0 Å². The summed E-state index contributed by atoms with van der Waals surface area (Å²) in [5.74, 6) is 0.838. The van der Waals surface area contributed by atoms with E-state index in [1.54, 1.807) is 6.07 Å². The van der Waals surface area contributed by atoms with E-state index in [0.717, 1.165) is 17.0 Å². The molecule has 0 radical (unpaired) electrons. The fraction of sp³-hybridized carbons (Fsp3) is 0.357. The zero-order valence-electron chi connectivity index (χ0n) is 11.5. The smallest absolute Gasteiger partial charge is 0.138 e. The average molecular weight is 315 g/mol. The highest BCUT2D eigenvalue weighted by Crippen LogP contribution is 2.31. The van der Waals surface area contributed by atoms with E-state index in [-0.39, 0.29) is 16.8 Å². The normalized spacial score (nSPS) is 12.7. The van der Waals surface area contributed by atoms with Gasteiger partial charge in [0.05, 0.1) is 10.7 Å². The van der Waals surface area contributed by atoms with Crippen molar-refractivity contribution in [3.63, 3.8) is 0 Å². The second kappa shape index (κ2) is 6.04. The molecule has 0 bridgehead atoms. The number of benzene rings is 1. The maximum Gasteiger partial charge on any atom is 0.138 e. The Morgan fingerprint density at radius 3 is 2.65 bits per heavy atom. The van der Waals surface area contributed by atoms with Crippen LogP contribution in [-0.4, -0.2) is 10.3 Å². The summed E-state index contributed by atoms with van der Waals surface area (Å²) in [5, 5.41) is 17.9. The Morgan fingerprint density at radius 1 is 1.35 bits per heavy atom. The van der Waals surface area contributed by atoms with Gasteiger partial charge in [0, 0.05) is 28.7 Å². The number of hydrogen-bond acceptors (Lipinski definition) is 4. The average Bonchev–Trinajstić information content (AvgIpc) is 2.71. The number of aryl methyl sites for hydroxylation is 2. The second-order valence-corrected chi connectivity index (χ2v) is 5.58. The minimum atomic E-state index is 0.0402. The molecule has 0 aliphatic heterocycles. The Hall–Kier alpha value is -1.23.